The molecule has 0 radical (unpaired) electrons. The summed E-state index contributed by atoms with van der Waals surface area (Å²) in [5.41, 5.74) is 6.50. The summed E-state index contributed by atoms with van der Waals surface area (Å²) >= 11 is 0. The van der Waals surface area contributed by atoms with Crippen LogP contribution in [0.4, 0.5) is 0 Å². The number of imidazole rings is 1. The van der Waals surface area contributed by atoms with Crippen LogP contribution in [0.3, 0.4) is 0 Å². The number of nitrogens with zero attached hydrogens (tertiary/aromatic N) is 1. The highest BCUT2D eigenvalue weighted by molar-refractivity contribution is 5.91. The van der Waals surface area contributed by atoms with E-state index in [0.717, 1.165) is 0 Å². The van der Waals surface area contributed by atoms with Crippen molar-refractivity contribution in [2.75, 3.05) is 6.54 Å². The average molecular weight is 311 g/mol. The van der Waals surface area contributed by atoms with Crippen molar-refractivity contribution in [3.05, 3.63) is 18.2 Å². The largest absolute Gasteiger partial charge is 0.480 e. The van der Waals surface area contributed by atoms with Crippen LogP contribution in [0.25, 0.3) is 0 Å². The third kappa shape index (κ3) is 5.52. The lowest BCUT2D eigenvalue weighted by Gasteiger charge is -2.23. The van der Waals surface area contributed by atoms with Crippen molar-refractivity contribution in [2.45, 2.75) is 32.4 Å². The van der Waals surface area contributed by atoms with Gasteiger partial charge in [0.2, 0.25) is 11.8 Å². The van der Waals surface area contributed by atoms with Gasteiger partial charge in [-0.25, -0.2) is 4.98 Å². The van der Waals surface area contributed by atoms with Gasteiger partial charge in [0.1, 0.15) is 12.6 Å². The normalized spacial score (nSPS) is 13.5. The minimum Gasteiger partial charge on any atom is -0.480 e. The van der Waals surface area contributed by atoms with Gasteiger partial charge in [-0.15, -0.1) is 0 Å². The summed E-state index contributed by atoms with van der Waals surface area (Å²) in [7, 11) is 0. The fourth-order valence-corrected chi connectivity index (χ4v) is 1.79. The lowest BCUT2D eigenvalue weighted by molar-refractivity contribution is -0.138. The number of hydrogen-bond donors (Lipinski definition) is 5. The molecule has 1 rings (SSSR count). The Morgan fingerprint density at radius 1 is 1.36 bits per heavy atom. The Morgan fingerprint density at radius 3 is 2.55 bits per heavy atom. The first kappa shape index (κ1) is 17.6. The number of amides is 2. The van der Waals surface area contributed by atoms with Crippen molar-refractivity contribution in [1.29, 1.82) is 0 Å². The Bertz CT molecular complexity index is 515. The van der Waals surface area contributed by atoms with E-state index in [-0.39, 0.29) is 12.3 Å². The molecule has 9 nitrogen and oxygen atoms in total. The van der Waals surface area contributed by atoms with E-state index in [9.17, 15) is 14.4 Å². The van der Waals surface area contributed by atoms with Gasteiger partial charge in [-0.1, -0.05) is 13.8 Å². The molecule has 0 saturated heterocycles. The standard InChI is InChI=1S/C13H21N5O4/c1-7(2)11(13(22)16-5-10(19)20)18-12(21)9(14)3-8-4-15-6-17-8/h4,6-7,9,11H,3,5,14H2,1-2H3,(H,15,17)(H,16,22)(H,18,21)(H,19,20)/t9-,11-/m0/s1. The Balaban J connectivity index is 2.59. The van der Waals surface area contributed by atoms with Crippen LogP contribution in [0, 0.1) is 5.92 Å². The van der Waals surface area contributed by atoms with Crippen molar-refractivity contribution in [3.63, 3.8) is 0 Å². The van der Waals surface area contributed by atoms with Crippen LogP contribution in [0.5, 0.6) is 0 Å². The molecule has 0 spiro atoms. The number of carboxylic acid groups (broad SMARTS) is 1. The number of nitrogens with one attached hydrogen (secondary N) is 3. The molecule has 1 aromatic rings. The van der Waals surface area contributed by atoms with Crippen molar-refractivity contribution in [1.82, 2.24) is 20.6 Å². The van der Waals surface area contributed by atoms with Crippen molar-refractivity contribution in [3.8, 4) is 0 Å². The molecule has 0 saturated carbocycles. The molecule has 22 heavy (non-hydrogen) atoms. The summed E-state index contributed by atoms with van der Waals surface area (Å²) in [6.45, 7) is 2.98. The molecule has 1 heterocycles. The molecule has 0 fully saturated rings. The fourth-order valence-electron chi connectivity index (χ4n) is 1.79. The first-order valence-electron chi connectivity index (χ1n) is 6.84. The van der Waals surface area contributed by atoms with E-state index in [2.05, 4.69) is 20.6 Å². The smallest absolute Gasteiger partial charge is 0.322 e. The number of aromatic nitrogens is 2. The minimum absolute atomic E-state index is 0.211. The van der Waals surface area contributed by atoms with Gasteiger partial charge in [0.25, 0.3) is 0 Å². The van der Waals surface area contributed by atoms with Gasteiger partial charge in [0.05, 0.1) is 12.4 Å². The van der Waals surface area contributed by atoms with Gasteiger partial charge in [-0.3, -0.25) is 14.4 Å². The highest BCUT2D eigenvalue weighted by Gasteiger charge is 2.26. The Kier molecular flexibility index (Phi) is 6.51. The van der Waals surface area contributed by atoms with E-state index >= 15 is 0 Å². The number of rotatable bonds is 8. The maximum atomic E-state index is 12.1. The molecular weight excluding hydrogens is 290 g/mol. The highest BCUT2D eigenvalue weighted by Crippen LogP contribution is 2.03. The van der Waals surface area contributed by atoms with Crippen LogP contribution in [0.15, 0.2) is 12.5 Å². The van der Waals surface area contributed by atoms with Crippen LogP contribution in [0.2, 0.25) is 0 Å². The summed E-state index contributed by atoms with van der Waals surface area (Å²) < 4.78 is 0. The second-order valence-corrected chi connectivity index (χ2v) is 5.23. The molecule has 2 amide bonds. The van der Waals surface area contributed by atoms with Crippen LogP contribution < -0.4 is 16.4 Å². The van der Waals surface area contributed by atoms with Crippen LogP contribution >= 0.6 is 0 Å². The highest BCUT2D eigenvalue weighted by atomic mass is 16.4. The van der Waals surface area contributed by atoms with E-state index < -0.39 is 36.4 Å². The van der Waals surface area contributed by atoms with Gasteiger partial charge in [-0.2, -0.15) is 0 Å². The van der Waals surface area contributed by atoms with Crippen molar-refractivity contribution >= 4 is 17.8 Å². The first-order chi connectivity index (χ1) is 10.3. The monoisotopic (exact) mass is 311 g/mol. The van der Waals surface area contributed by atoms with Gasteiger partial charge < -0.3 is 26.5 Å². The predicted octanol–water partition coefficient (Wildman–Crippen LogP) is -1.38. The van der Waals surface area contributed by atoms with Crippen molar-refractivity contribution in [2.24, 2.45) is 11.7 Å². The Hall–Kier alpha value is -2.42. The molecule has 9 heteroatoms. The second-order valence-electron chi connectivity index (χ2n) is 5.23. The molecule has 0 aromatic carbocycles. The number of aliphatic carboxylic acids is 1. The lowest BCUT2D eigenvalue weighted by atomic mass is 10.0. The number of carbonyl (C=O) groups excluding carboxylic acids is 2. The number of nitrogens with two attached hydrogens (primary N) is 1. The van der Waals surface area contributed by atoms with E-state index in [0.29, 0.717) is 5.69 Å². The molecule has 6 N–H and O–H groups in total. The van der Waals surface area contributed by atoms with Crippen LogP contribution in [-0.4, -0.2) is 51.5 Å². The molecular formula is C13H21N5O4. The summed E-state index contributed by atoms with van der Waals surface area (Å²) in [6, 6.07) is -1.69. The van der Waals surface area contributed by atoms with Crippen LogP contribution in [0.1, 0.15) is 19.5 Å². The zero-order chi connectivity index (χ0) is 16.7. The van der Waals surface area contributed by atoms with Gasteiger partial charge in [0, 0.05) is 18.3 Å². The third-order valence-electron chi connectivity index (χ3n) is 2.99. The number of carbonyl (C=O) groups is 3. The SMILES string of the molecule is CC(C)[C@H](NC(=O)[C@@H](N)Cc1cnc[nH]1)C(=O)NCC(=O)O. The zero-order valence-corrected chi connectivity index (χ0v) is 12.5. The van der Waals surface area contributed by atoms with E-state index in [4.69, 9.17) is 10.8 Å². The molecule has 2 atom stereocenters. The summed E-state index contributed by atoms with van der Waals surface area (Å²) in [4.78, 5) is 41.1. The molecule has 0 bridgehead atoms. The van der Waals surface area contributed by atoms with Crippen molar-refractivity contribution < 1.29 is 19.5 Å². The average Bonchev–Trinajstić information content (AvgIpc) is 2.94. The van der Waals surface area contributed by atoms with E-state index in [1.807, 2.05) is 0 Å². The molecule has 0 aliphatic carbocycles. The molecule has 0 aliphatic heterocycles. The first-order valence-corrected chi connectivity index (χ1v) is 6.84. The summed E-state index contributed by atoms with van der Waals surface area (Å²) in [6.07, 6.45) is 3.30. The number of hydrogen-bond acceptors (Lipinski definition) is 5. The number of H-pyrrole nitrogens is 1. The second kappa shape index (κ2) is 8.13. The van der Waals surface area contributed by atoms with Gasteiger partial charge in [-0.05, 0) is 5.92 Å². The summed E-state index contributed by atoms with van der Waals surface area (Å²) in [5.74, 6) is -2.41. The molecule has 1 aromatic heterocycles. The van der Waals surface area contributed by atoms with E-state index in [1.54, 1.807) is 20.0 Å². The fraction of sp³-hybridized carbons (Fsp3) is 0.538. The molecule has 0 unspecified atom stereocenters. The maximum absolute atomic E-state index is 12.1. The quantitative estimate of drug-likeness (QED) is 0.399. The molecule has 122 valence electrons. The van der Waals surface area contributed by atoms with Crippen LogP contribution in [-0.2, 0) is 20.8 Å². The number of aromatic amines is 1. The summed E-state index contributed by atoms with van der Waals surface area (Å²) in [5, 5.41) is 13.4. The zero-order valence-electron chi connectivity index (χ0n) is 12.5. The minimum atomic E-state index is -1.15. The topological polar surface area (TPSA) is 150 Å². The Labute approximate surface area is 127 Å². The Morgan fingerprint density at radius 2 is 2.05 bits per heavy atom. The lowest BCUT2D eigenvalue weighted by Crippen LogP contribution is -2.54. The van der Waals surface area contributed by atoms with E-state index in [1.165, 1.54) is 6.33 Å². The molecule has 0 aliphatic rings. The predicted molar refractivity (Wildman–Crippen MR) is 77.7 cm³/mol. The van der Waals surface area contributed by atoms with Gasteiger partial charge >= 0.3 is 5.97 Å². The third-order valence-corrected chi connectivity index (χ3v) is 2.99. The number of carboxylic acids is 1. The van der Waals surface area contributed by atoms with Gasteiger partial charge in [0.15, 0.2) is 0 Å². The maximum Gasteiger partial charge on any atom is 0.322 e.